The summed E-state index contributed by atoms with van der Waals surface area (Å²) < 4.78 is 27.6. The molecule has 0 unspecified atom stereocenters. The Balaban J connectivity index is 1.49. The smallest absolute Gasteiger partial charge is 0.309 e. The molecule has 0 aromatic heterocycles. The Labute approximate surface area is 190 Å². The van der Waals surface area contributed by atoms with Crippen LogP contribution in [-0.2, 0) is 28.5 Å². The van der Waals surface area contributed by atoms with E-state index in [-0.39, 0.29) is 18.9 Å². The molecule has 188 valence electrons. The van der Waals surface area contributed by atoms with E-state index in [1.54, 1.807) is 0 Å². The number of rotatable bonds is 8. The van der Waals surface area contributed by atoms with Crippen molar-refractivity contribution >= 4 is 5.97 Å². The fraction of sp³-hybridized carbons (Fsp3) is 0.857. The molecule has 3 heterocycles. The lowest BCUT2D eigenvalue weighted by atomic mass is 9.79. The molecular weight excluding hydrogens is 444 g/mol. The molecule has 33 heavy (non-hydrogen) atoms. The third-order valence-electron chi connectivity index (χ3n) is 6.75. The summed E-state index contributed by atoms with van der Waals surface area (Å²) in [6.45, 7) is 2.33. The molecule has 12 heteroatoms. The van der Waals surface area contributed by atoms with Crippen molar-refractivity contribution in [2.45, 2.75) is 75.1 Å². The maximum atomic E-state index is 12.2. The minimum Gasteiger partial charge on any atom is -0.462 e. The van der Waals surface area contributed by atoms with Crippen LogP contribution >= 0.6 is 0 Å². The van der Waals surface area contributed by atoms with E-state index in [0.29, 0.717) is 5.57 Å². The van der Waals surface area contributed by atoms with E-state index in [1.807, 2.05) is 13.8 Å². The van der Waals surface area contributed by atoms with Gasteiger partial charge in [0.25, 0.3) is 0 Å². The predicted octanol–water partition coefficient (Wildman–Crippen LogP) is -2.63. The van der Waals surface area contributed by atoms with Crippen molar-refractivity contribution in [2.24, 2.45) is 17.8 Å². The zero-order chi connectivity index (χ0) is 24.1. The van der Waals surface area contributed by atoms with Crippen molar-refractivity contribution in [3.05, 3.63) is 11.8 Å². The van der Waals surface area contributed by atoms with Crippen LogP contribution in [0.5, 0.6) is 0 Å². The number of carbonyl (C=O) groups is 1. The molecule has 2 saturated heterocycles. The van der Waals surface area contributed by atoms with Crippen LogP contribution < -0.4 is 0 Å². The highest BCUT2D eigenvalue weighted by atomic mass is 16.7. The van der Waals surface area contributed by atoms with Crippen molar-refractivity contribution in [1.82, 2.24) is 0 Å². The van der Waals surface area contributed by atoms with E-state index in [9.17, 15) is 35.4 Å². The van der Waals surface area contributed by atoms with E-state index >= 15 is 0 Å². The maximum absolute atomic E-state index is 12.2. The van der Waals surface area contributed by atoms with Gasteiger partial charge in [0, 0.05) is 12.3 Å². The Hall–Kier alpha value is -1.35. The average Bonchev–Trinajstić information content (AvgIpc) is 3.53. The summed E-state index contributed by atoms with van der Waals surface area (Å²) in [7, 11) is 0. The zero-order valence-electron chi connectivity index (χ0n) is 18.4. The fourth-order valence-electron chi connectivity index (χ4n) is 4.99. The van der Waals surface area contributed by atoms with Crippen molar-refractivity contribution in [3.8, 4) is 0 Å². The number of hydrogen-bond acceptors (Lipinski definition) is 12. The maximum Gasteiger partial charge on any atom is 0.309 e. The van der Waals surface area contributed by atoms with E-state index in [2.05, 4.69) is 0 Å². The number of carbonyl (C=O) groups excluding carboxylic acids is 1. The van der Waals surface area contributed by atoms with Crippen LogP contribution in [0.25, 0.3) is 0 Å². The number of esters is 1. The van der Waals surface area contributed by atoms with Gasteiger partial charge in [-0.25, -0.2) is 0 Å². The highest BCUT2D eigenvalue weighted by molar-refractivity contribution is 5.69. The minimum atomic E-state index is -1.69. The Morgan fingerprint density at radius 1 is 1.12 bits per heavy atom. The Morgan fingerprint density at radius 2 is 1.85 bits per heavy atom. The second kappa shape index (κ2) is 9.36. The molecule has 3 aliphatic heterocycles. The van der Waals surface area contributed by atoms with Gasteiger partial charge in [-0.3, -0.25) is 4.79 Å². The van der Waals surface area contributed by atoms with Gasteiger partial charge >= 0.3 is 5.97 Å². The lowest BCUT2D eigenvalue weighted by Gasteiger charge is -2.42. The first-order valence-electron chi connectivity index (χ1n) is 11.1. The van der Waals surface area contributed by atoms with Crippen LogP contribution in [0.4, 0.5) is 0 Å². The van der Waals surface area contributed by atoms with E-state index in [0.717, 1.165) is 0 Å². The van der Waals surface area contributed by atoms with E-state index in [4.69, 9.17) is 23.7 Å². The van der Waals surface area contributed by atoms with Crippen molar-refractivity contribution < 1.29 is 59.1 Å². The number of hydrogen-bond donors (Lipinski definition) is 6. The molecule has 1 saturated carbocycles. The van der Waals surface area contributed by atoms with Gasteiger partial charge in [0.15, 0.2) is 6.29 Å². The first-order valence-corrected chi connectivity index (χ1v) is 11.1. The van der Waals surface area contributed by atoms with Crippen LogP contribution in [0.2, 0.25) is 0 Å². The molecule has 11 atom stereocenters. The molecule has 0 amide bonds. The molecule has 4 aliphatic rings. The van der Waals surface area contributed by atoms with Crippen molar-refractivity contribution in [1.29, 1.82) is 0 Å². The van der Waals surface area contributed by atoms with E-state index < -0.39 is 85.8 Å². The summed E-state index contributed by atoms with van der Waals surface area (Å²) in [5.41, 5.74) is -1.19. The number of ether oxygens (including phenoxy) is 5. The molecular formula is C21H32O12. The van der Waals surface area contributed by atoms with Crippen LogP contribution in [0.3, 0.4) is 0 Å². The van der Waals surface area contributed by atoms with Gasteiger partial charge in [0.2, 0.25) is 6.29 Å². The third-order valence-corrected chi connectivity index (χ3v) is 6.75. The average molecular weight is 476 g/mol. The number of aliphatic hydroxyl groups is 6. The van der Waals surface area contributed by atoms with Gasteiger partial charge in [-0.15, -0.1) is 0 Å². The molecule has 12 nitrogen and oxygen atoms in total. The largest absolute Gasteiger partial charge is 0.462 e. The number of epoxide rings is 1. The van der Waals surface area contributed by atoms with Crippen LogP contribution in [0, 0.1) is 17.8 Å². The summed E-state index contributed by atoms with van der Waals surface area (Å²) in [5, 5.41) is 60.4. The molecule has 0 aromatic rings. The fourth-order valence-corrected chi connectivity index (χ4v) is 4.99. The summed E-state index contributed by atoms with van der Waals surface area (Å²) in [4.78, 5) is 12.2. The first-order chi connectivity index (χ1) is 15.6. The summed E-state index contributed by atoms with van der Waals surface area (Å²) in [5.74, 6) is -1.76. The molecule has 6 N–H and O–H groups in total. The lowest BCUT2D eigenvalue weighted by Crippen LogP contribution is -2.59. The second-order valence-corrected chi connectivity index (χ2v) is 9.52. The van der Waals surface area contributed by atoms with Gasteiger partial charge in [-0.2, -0.15) is 0 Å². The highest BCUT2D eigenvalue weighted by Gasteiger charge is 2.74. The molecule has 1 aliphatic carbocycles. The first kappa shape index (κ1) is 24.8. The normalized spacial score (nSPS) is 46.3. The summed E-state index contributed by atoms with van der Waals surface area (Å²) >= 11 is 0. The molecule has 0 radical (unpaired) electrons. The summed E-state index contributed by atoms with van der Waals surface area (Å²) in [6.07, 6.45) is -7.90. The third kappa shape index (κ3) is 4.40. The Kier molecular flexibility index (Phi) is 7.03. The lowest BCUT2D eigenvalue weighted by molar-refractivity contribution is -0.300. The van der Waals surface area contributed by atoms with Crippen LogP contribution in [0.1, 0.15) is 20.3 Å². The quantitative estimate of drug-likeness (QED) is 0.158. The zero-order valence-corrected chi connectivity index (χ0v) is 18.4. The molecule has 0 bridgehead atoms. The predicted molar refractivity (Wildman–Crippen MR) is 106 cm³/mol. The second-order valence-electron chi connectivity index (χ2n) is 9.52. The number of fused-ring (bicyclic) bond motifs is 3. The van der Waals surface area contributed by atoms with E-state index in [1.165, 1.54) is 6.26 Å². The summed E-state index contributed by atoms with van der Waals surface area (Å²) in [6, 6.07) is 0. The highest BCUT2D eigenvalue weighted by Crippen LogP contribution is 2.58. The topological polar surface area (TPSA) is 188 Å². The van der Waals surface area contributed by atoms with Crippen LogP contribution in [-0.4, -0.2) is 111 Å². The number of aliphatic hydroxyl groups excluding tert-OH is 5. The van der Waals surface area contributed by atoms with Gasteiger partial charge in [0.1, 0.15) is 36.1 Å². The van der Waals surface area contributed by atoms with Crippen molar-refractivity contribution in [2.75, 3.05) is 19.8 Å². The monoisotopic (exact) mass is 476 g/mol. The van der Waals surface area contributed by atoms with Gasteiger partial charge in [-0.1, -0.05) is 13.8 Å². The SMILES string of the molecule is CC(C)CC(=O)O[C@@H]1OC=C(CO[C@@H]2O[C@H](CO)[C@@H](O)[C@H](O)[C@H]2O)[C@H]2[C@@H]3O[C@@H]3[C@@](O)(CO)[C@@H]12. The minimum absolute atomic E-state index is 0.0620. The molecule has 4 rings (SSSR count). The molecule has 0 aromatic carbocycles. The van der Waals surface area contributed by atoms with Gasteiger partial charge in [0.05, 0.1) is 38.1 Å². The Bertz CT molecular complexity index is 756. The standard InChI is InChI=1S/C21H32O12/c1-8(2)3-11(24)32-19-13-12(17-18(33-17)21(13,28)7-23)9(5-29-19)6-30-20-16(27)15(26)14(25)10(4-22)31-20/h5,8,10,12-20,22-23,25-28H,3-4,6-7H2,1-2H3/t10-,12-,13-,14-,15+,16-,17+,18+,19+,20-,21-/m1/s1. The van der Waals surface area contributed by atoms with Gasteiger partial charge < -0.3 is 54.3 Å². The molecule has 0 spiro atoms. The van der Waals surface area contributed by atoms with Gasteiger partial charge in [-0.05, 0) is 11.5 Å². The molecule has 3 fully saturated rings. The Morgan fingerprint density at radius 3 is 2.48 bits per heavy atom. The van der Waals surface area contributed by atoms with Crippen molar-refractivity contribution in [3.63, 3.8) is 0 Å². The van der Waals surface area contributed by atoms with Crippen LogP contribution in [0.15, 0.2) is 11.8 Å².